The molecule has 1 aliphatic heterocycles. The van der Waals surface area contributed by atoms with Crippen LogP contribution in [0.4, 0.5) is 4.79 Å². The van der Waals surface area contributed by atoms with E-state index in [1.54, 1.807) is 22.9 Å². The molecule has 12 heteroatoms. The predicted octanol–water partition coefficient (Wildman–Crippen LogP) is 3.35. The minimum absolute atomic E-state index is 0.143. The average molecular weight is 643 g/mol. The Morgan fingerprint density at radius 2 is 1.78 bits per heavy atom. The molecule has 4 amide bonds. The van der Waals surface area contributed by atoms with Crippen LogP contribution in [0, 0.1) is 11.3 Å². The van der Waals surface area contributed by atoms with Crippen LogP contribution < -0.4 is 21.7 Å². The lowest BCUT2D eigenvalue weighted by Gasteiger charge is -2.40. The molecule has 3 atom stereocenters. The fraction of sp³-hybridized carbons (Fsp3) is 0.697. The summed E-state index contributed by atoms with van der Waals surface area (Å²) in [4.78, 5) is 71.1. The van der Waals surface area contributed by atoms with Crippen molar-refractivity contribution in [2.24, 2.45) is 17.1 Å². The number of carbonyl (C=O) groups is 5. The normalized spacial score (nSPS) is 21.3. The van der Waals surface area contributed by atoms with Gasteiger partial charge in [0.2, 0.25) is 11.7 Å². The Kier molecular flexibility index (Phi) is 12.0. The third kappa shape index (κ3) is 9.51. The second-order valence-corrected chi connectivity index (χ2v) is 15.0. The van der Waals surface area contributed by atoms with Crippen molar-refractivity contribution in [2.45, 2.75) is 120 Å². The maximum atomic E-state index is 14.0. The summed E-state index contributed by atoms with van der Waals surface area (Å²) in [5, 5.41) is 10.1. The summed E-state index contributed by atoms with van der Waals surface area (Å²) in [7, 11) is 0. The zero-order valence-corrected chi connectivity index (χ0v) is 27.8. The standard InChI is InChI=1S/C33H50N6O5S/c1-32(2,3)28(37-31(44)38-33(15-6-4-7-16-33)21-45-26-14-5-8-17-35-26)30(43)39-18-10-13-24(39)25(40)20-36-23(27(41)29(34)42)19-22-11-9-12-22/h5,8,14,17,22-24,28,36H,4,6-7,9-13,15-16,18-21H2,1-3H3,(H2,34,42)(H2,37,38,44)/t23?,24-,28+/m0/s1. The van der Waals surface area contributed by atoms with Gasteiger partial charge in [-0.1, -0.05) is 65.4 Å². The number of hydrogen-bond acceptors (Lipinski definition) is 8. The SMILES string of the molecule is CC(C)(C)[C@H](NC(=O)NC1(CSc2ccccn2)CCCCC1)C(=O)N1CCC[C@H]1C(=O)CNC(CC1CCC1)C(=O)C(N)=O. The van der Waals surface area contributed by atoms with Gasteiger partial charge in [0.1, 0.15) is 6.04 Å². The summed E-state index contributed by atoms with van der Waals surface area (Å²) in [5.41, 5.74) is 4.25. The van der Waals surface area contributed by atoms with Gasteiger partial charge in [0.05, 0.1) is 29.2 Å². The van der Waals surface area contributed by atoms with Crippen LogP contribution >= 0.6 is 11.8 Å². The number of rotatable bonds is 14. The molecular formula is C33H50N6O5S. The summed E-state index contributed by atoms with van der Waals surface area (Å²) < 4.78 is 0. The van der Waals surface area contributed by atoms with Crippen LogP contribution in [0.3, 0.4) is 0 Å². The first-order valence-electron chi connectivity index (χ1n) is 16.4. The fourth-order valence-electron chi connectivity index (χ4n) is 6.62. The lowest BCUT2D eigenvalue weighted by Crippen LogP contribution is -2.62. The molecule has 4 rings (SSSR count). The number of urea groups is 1. The molecule has 11 nitrogen and oxygen atoms in total. The third-order valence-electron chi connectivity index (χ3n) is 9.50. The summed E-state index contributed by atoms with van der Waals surface area (Å²) in [6, 6.07) is 3.06. The molecule has 1 unspecified atom stereocenters. The van der Waals surface area contributed by atoms with Crippen molar-refractivity contribution in [3.8, 4) is 0 Å². The molecule has 5 N–H and O–H groups in total. The molecule has 2 heterocycles. The lowest BCUT2D eigenvalue weighted by molar-refractivity contribution is -0.141. The Balaban J connectivity index is 1.40. The smallest absolute Gasteiger partial charge is 0.315 e. The number of ketones is 2. The number of nitrogens with one attached hydrogen (secondary N) is 3. The summed E-state index contributed by atoms with van der Waals surface area (Å²) in [6.45, 7) is 5.96. The molecule has 0 aromatic carbocycles. The van der Waals surface area contributed by atoms with E-state index in [4.69, 9.17) is 5.73 Å². The Hall–Kier alpha value is -2.99. The highest BCUT2D eigenvalue weighted by molar-refractivity contribution is 7.99. The zero-order chi connectivity index (χ0) is 32.6. The number of likely N-dealkylation sites (tertiary alicyclic amines) is 1. The third-order valence-corrected chi connectivity index (χ3v) is 10.7. The fourth-order valence-corrected chi connectivity index (χ4v) is 7.72. The summed E-state index contributed by atoms with van der Waals surface area (Å²) in [6.07, 6.45) is 11.3. The molecule has 45 heavy (non-hydrogen) atoms. The van der Waals surface area contributed by atoms with Crippen molar-refractivity contribution in [3.63, 3.8) is 0 Å². The molecule has 1 saturated heterocycles. The zero-order valence-electron chi connectivity index (χ0n) is 26.9. The molecule has 0 bridgehead atoms. The number of pyridine rings is 1. The highest BCUT2D eigenvalue weighted by Crippen LogP contribution is 2.34. The molecule has 2 aliphatic carbocycles. The Morgan fingerprint density at radius 1 is 1.04 bits per heavy atom. The van der Waals surface area contributed by atoms with Gasteiger partial charge < -0.3 is 21.3 Å². The quantitative estimate of drug-likeness (QED) is 0.177. The van der Waals surface area contributed by atoms with Crippen molar-refractivity contribution in [1.29, 1.82) is 0 Å². The molecule has 0 spiro atoms. The second kappa shape index (κ2) is 15.5. The Morgan fingerprint density at radius 3 is 2.38 bits per heavy atom. The molecule has 2 saturated carbocycles. The monoisotopic (exact) mass is 642 g/mol. The van der Waals surface area contributed by atoms with Gasteiger partial charge in [-0.05, 0) is 55.6 Å². The second-order valence-electron chi connectivity index (χ2n) is 14.0. The van der Waals surface area contributed by atoms with Crippen molar-refractivity contribution in [2.75, 3.05) is 18.8 Å². The van der Waals surface area contributed by atoms with E-state index in [0.717, 1.165) is 56.4 Å². The van der Waals surface area contributed by atoms with Crippen molar-refractivity contribution >= 4 is 41.2 Å². The lowest BCUT2D eigenvalue weighted by atomic mass is 9.80. The van der Waals surface area contributed by atoms with Crippen LogP contribution in [0.15, 0.2) is 29.4 Å². The van der Waals surface area contributed by atoms with Crippen molar-refractivity contribution in [3.05, 3.63) is 24.4 Å². The van der Waals surface area contributed by atoms with Crippen molar-refractivity contribution in [1.82, 2.24) is 25.8 Å². The molecule has 1 aromatic rings. The molecule has 0 radical (unpaired) electrons. The summed E-state index contributed by atoms with van der Waals surface area (Å²) >= 11 is 1.62. The summed E-state index contributed by atoms with van der Waals surface area (Å²) in [5.74, 6) is -1.24. The number of aromatic nitrogens is 1. The molecule has 248 valence electrons. The van der Waals surface area contributed by atoms with Gasteiger partial charge >= 0.3 is 6.03 Å². The topological polar surface area (TPSA) is 164 Å². The average Bonchev–Trinajstić information content (AvgIpc) is 3.48. The number of amides is 4. The van der Waals surface area contributed by atoms with Gasteiger partial charge in [0, 0.05) is 18.5 Å². The van der Waals surface area contributed by atoms with E-state index >= 15 is 0 Å². The van der Waals surface area contributed by atoms with Gasteiger partial charge in [-0.2, -0.15) is 0 Å². The minimum atomic E-state index is -1.01. The molecule has 1 aromatic heterocycles. The maximum absolute atomic E-state index is 14.0. The van der Waals surface area contributed by atoms with Crippen LogP contribution in [0.2, 0.25) is 0 Å². The Labute approximate surface area is 271 Å². The molecule has 3 fully saturated rings. The van der Waals surface area contributed by atoms with Gasteiger partial charge in [-0.15, -0.1) is 11.8 Å². The largest absolute Gasteiger partial charge is 0.363 e. The van der Waals surface area contributed by atoms with Gasteiger partial charge in [-0.25, -0.2) is 9.78 Å². The highest BCUT2D eigenvalue weighted by atomic mass is 32.2. The van der Waals surface area contributed by atoms with Gasteiger partial charge in [-0.3, -0.25) is 24.5 Å². The van der Waals surface area contributed by atoms with E-state index < -0.39 is 40.8 Å². The number of primary amides is 1. The highest BCUT2D eigenvalue weighted by Gasteiger charge is 2.43. The number of thioether (sulfide) groups is 1. The van der Waals surface area contributed by atoms with E-state index in [0.29, 0.717) is 37.5 Å². The Bertz CT molecular complexity index is 1210. The predicted molar refractivity (Wildman–Crippen MR) is 173 cm³/mol. The van der Waals surface area contributed by atoms with Gasteiger partial charge in [0.25, 0.3) is 5.91 Å². The molecule has 3 aliphatic rings. The first-order chi connectivity index (χ1) is 21.4. The van der Waals surface area contributed by atoms with Crippen LogP contribution in [0.25, 0.3) is 0 Å². The van der Waals surface area contributed by atoms with E-state index in [-0.39, 0.29) is 24.3 Å². The first kappa shape index (κ1) is 34.9. The van der Waals surface area contributed by atoms with Gasteiger partial charge in [0.15, 0.2) is 5.78 Å². The van der Waals surface area contributed by atoms with Crippen LogP contribution in [0.5, 0.6) is 0 Å². The number of Topliss-reactive ketones (excluding diaryl/α,β-unsaturated/α-hetero) is 2. The van der Waals surface area contributed by atoms with Crippen LogP contribution in [0.1, 0.15) is 91.4 Å². The number of nitrogens with two attached hydrogens (primary N) is 1. The van der Waals surface area contributed by atoms with Crippen LogP contribution in [-0.2, 0) is 19.2 Å². The van der Waals surface area contributed by atoms with Crippen molar-refractivity contribution < 1.29 is 24.0 Å². The molecular weight excluding hydrogens is 592 g/mol. The van der Waals surface area contributed by atoms with E-state index in [1.165, 1.54) is 0 Å². The van der Waals surface area contributed by atoms with E-state index in [1.807, 2.05) is 39.0 Å². The van der Waals surface area contributed by atoms with E-state index in [9.17, 15) is 24.0 Å². The number of nitrogens with zero attached hydrogens (tertiary/aromatic N) is 2. The maximum Gasteiger partial charge on any atom is 0.315 e. The number of hydrogen-bond donors (Lipinski definition) is 4. The number of carbonyl (C=O) groups excluding carboxylic acids is 5. The minimum Gasteiger partial charge on any atom is -0.363 e. The first-order valence-corrected chi connectivity index (χ1v) is 17.4. The van der Waals surface area contributed by atoms with E-state index in [2.05, 4.69) is 20.9 Å². The van der Waals surface area contributed by atoms with Crippen LogP contribution in [-0.4, -0.2) is 81.8 Å².